The Morgan fingerprint density at radius 1 is 1.26 bits per heavy atom. The van der Waals surface area contributed by atoms with Gasteiger partial charge in [-0.1, -0.05) is 18.2 Å². The minimum Gasteiger partial charge on any atom is -0.464 e. The Kier molecular flexibility index (Phi) is 4.20. The van der Waals surface area contributed by atoms with E-state index in [-0.39, 0.29) is 0 Å². The van der Waals surface area contributed by atoms with Crippen molar-refractivity contribution in [2.24, 2.45) is 10.8 Å². The smallest absolute Gasteiger partial charge is 0.213 e. The van der Waals surface area contributed by atoms with Crippen molar-refractivity contribution in [3.8, 4) is 0 Å². The SMILES string of the molecule is Cc1ccc(CN(C)C(=Nc2ccccc2)NN)o1. The average Bonchev–Trinajstić information content (AvgIpc) is 2.82. The molecule has 0 amide bonds. The zero-order valence-electron chi connectivity index (χ0n) is 11.1. The van der Waals surface area contributed by atoms with E-state index >= 15 is 0 Å². The van der Waals surface area contributed by atoms with Crippen LogP contribution in [0.5, 0.6) is 0 Å². The molecule has 0 aliphatic rings. The Morgan fingerprint density at radius 3 is 2.58 bits per heavy atom. The number of nitrogens with zero attached hydrogens (tertiary/aromatic N) is 2. The molecule has 100 valence electrons. The number of aliphatic imine (C=N–C) groups is 1. The summed E-state index contributed by atoms with van der Waals surface area (Å²) in [6, 6.07) is 13.5. The van der Waals surface area contributed by atoms with Crippen LogP contribution in [0, 0.1) is 6.92 Å². The lowest BCUT2D eigenvalue weighted by Crippen LogP contribution is -2.42. The summed E-state index contributed by atoms with van der Waals surface area (Å²) in [5, 5.41) is 0. The van der Waals surface area contributed by atoms with Gasteiger partial charge < -0.3 is 9.32 Å². The van der Waals surface area contributed by atoms with Crippen molar-refractivity contribution in [3.05, 3.63) is 54.0 Å². The summed E-state index contributed by atoms with van der Waals surface area (Å²) in [6.45, 7) is 2.52. The van der Waals surface area contributed by atoms with Gasteiger partial charge in [0.1, 0.15) is 11.5 Å². The summed E-state index contributed by atoms with van der Waals surface area (Å²) < 4.78 is 5.53. The van der Waals surface area contributed by atoms with Crippen LogP contribution in [0.1, 0.15) is 11.5 Å². The third-order valence-electron chi connectivity index (χ3n) is 2.67. The van der Waals surface area contributed by atoms with Crippen molar-refractivity contribution in [1.29, 1.82) is 0 Å². The van der Waals surface area contributed by atoms with Gasteiger partial charge in [-0.05, 0) is 31.2 Å². The molecule has 0 aliphatic carbocycles. The molecule has 0 radical (unpaired) electrons. The summed E-state index contributed by atoms with van der Waals surface area (Å²) in [5.74, 6) is 7.88. The number of rotatable bonds is 3. The first-order valence-corrected chi connectivity index (χ1v) is 6.06. The molecule has 1 heterocycles. The topological polar surface area (TPSA) is 66.8 Å². The molecule has 0 atom stereocenters. The standard InChI is InChI=1S/C14H18N4O/c1-11-8-9-13(19-11)10-18(2)14(17-15)16-12-6-4-3-5-7-12/h3-9H,10,15H2,1-2H3,(H,16,17). The van der Waals surface area contributed by atoms with Crippen molar-refractivity contribution in [1.82, 2.24) is 10.3 Å². The molecule has 5 nitrogen and oxygen atoms in total. The van der Waals surface area contributed by atoms with Gasteiger partial charge in [0.2, 0.25) is 5.96 Å². The van der Waals surface area contributed by atoms with Crippen molar-refractivity contribution in [3.63, 3.8) is 0 Å². The minimum absolute atomic E-state index is 0.584. The number of aryl methyl sites for hydroxylation is 1. The summed E-state index contributed by atoms with van der Waals surface area (Å²) in [4.78, 5) is 6.34. The number of guanidine groups is 1. The normalized spacial score (nSPS) is 11.4. The van der Waals surface area contributed by atoms with E-state index in [9.17, 15) is 0 Å². The Bertz CT molecular complexity index is 548. The molecule has 1 aromatic carbocycles. The number of furan rings is 1. The Morgan fingerprint density at radius 2 is 2.00 bits per heavy atom. The maximum absolute atomic E-state index is 5.53. The molecule has 0 bridgehead atoms. The molecule has 2 aromatic rings. The Labute approximate surface area is 112 Å². The Balaban J connectivity index is 2.11. The van der Waals surface area contributed by atoms with Crippen LogP contribution in [0.25, 0.3) is 0 Å². The molecule has 0 saturated carbocycles. The van der Waals surface area contributed by atoms with E-state index in [2.05, 4.69) is 10.4 Å². The van der Waals surface area contributed by atoms with E-state index in [0.717, 1.165) is 17.2 Å². The zero-order chi connectivity index (χ0) is 13.7. The van der Waals surface area contributed by atoms with Gasteiger partial charge in [0, 0.05) is 7.05 Å². The maximum Gasteiger partial charge on any atom is 0.213 e. The molecule has 0 spiro atoms. The molecule has 3 N–H and O–H groups in total. The van der Waals surface area contributed by atoms with Crippen molar-refractivity contribution >= 4 is 11.6 Å². The lowest BCUT2D eigenvalue weighted by Gasteiger charge is -2.19. The lowest BCUT2D eigenvalue weighted by atomic mass is 10.3. The van der Waals surface area contributed by atoms with Gasteiger partial charge in [0.15, 0.2) is 0 Å². The van der Waals surface area contributed by atoms with E-state index in [0.29, 0.717) is 12.5 Å². The molecule has 5 heteroatoms. The number of para-hydroxylation sites is 1. The van der Waals surface area contributed by atoms with Crippen LogP contribution in [0.2, 0.25) is 0 Å². The molecule has 2 rings (SSSR count). The molecule has 1 aromatic heterocycles. The average molecular weight is 258 g/mol. The lowest BCUT2D eigenvalue weighted by molar-refractivity contribution is 0.392. The fourth-order valence-corrected chi connectivity index (χ4v) is 1.73. The quantitative estimate of drug-likeness (QED) is 0.383. The second-order valence-electron chi connectivity index (χ2n) is 4.28. The first kappa shape index (κ1) is 13.2. The Hall–Kier alpha value is -2.27. The molecule has 0 saturated heterocycles. The highest BCUT2D eigenvalue weighted by Gasteiger charge is 2.08. The van der Waals surface area contributed by atoms with Crippen molar-refractivity contribution in [2.45, 2.75) is 13.5 Å². The molecule has 19 heavy (non-hydrogen) atoms. The predicted octanol–water partition coefficient (Wildman–Crippen LogP) is 2.17. The first-order valence-electron chi connectivity index (χ1n) is 6.06. The van der Waals surface area contributed by atoms with Gasteiger partial charge >= 0.3 is 0 Å². The van der Waals surface area contributed by atoms with Gasteiger partial charge in [-0.3, -0.25) is 5.43 Å². The van der Waals surface area contributed by atoms with Crippen LogP contribution >= 0.6 is 0 Å². The zero-order valence-corrected chi connectivity index (χ0v) is 11.1. The highest BCUT2D eigenvalue weighted by atomic mass is 16.3. The number of hydrogen-bond donors (Lipinski definition) is 2. The van der Waals surface area contributed by atoms with Gasteiger partial charge in [0.25, 0.3) is 0 Å². The molecular formula is C14H18N4O. The van der Waals surface area contributed by atoms with Gasteiger partial charge in [-0.15, -0.1) is 0 Å². The molecule has 0 unspecified atom stereocenters. The van der Waals surface area contributed by atoms with Crippen molar-refractivity contribution in [2.75, 3.05) is 7.05 Å². The van der Waals surface area contributed by atoms with E-state index < -0.39 is 0 Å². The molecular weight excluding hydrogens is 240 g/mol. The van der Waals surface area contributed by atoms with Crippen LogP contribution in [-0.2, 0) is 6.54 Å². The third-order valence-corrected chi connectivity index (χ3v) is 2.67. The summed E-state index contributed by atoms with van der Waals surface area (Å²) >= 11 is 0. The third kappa shape index (κ3) is 3.59. The number of hydrogen-bond acceptors (Lipinski definition) is 3. The monoisotopic (exact) mass is 258 g/mol. The van der Waals surface area contributed by atoms with Gasteiger partial charge in [-0.2, -0.15) is 0 Å². The minimum atomic E-state index is 0.584. The maximum atomic E-state index is 5.53. The highest BCUT2D eigenvalue weighted by Crippen LogP contribution is 2.12. The van der Waals surface area contributed by atoms with Crippen LogP contribution in [0.3, 0.4) is 0 Å². The highest BCUT2D eigenvalue weighted by molar-refractivity contribution is 5.81. The van der Waals surface area contributed by atoms with Crippen LogP contribution in [0.15, 0.2) is 51.9 Å². The van der Waals surface area contributed by atoms with E-state index in [1.165, 1.54) is 0 Å². The summed E-state index contributed by atoms with van der Waals surface area (Å²) in [7, 11) is 1.90. The van der Waals surface area contributed by atoms with Crippen LogP contribution in [-0.4, -0.2) is 17.9 Å². The van der Waals surface area contributed by atoms with Gasteiger partial charge in [-0.25, -0.2) is 10.8 Å². The second-order valence-corrected chi connectivity index (χ2v) is 4.28. The van der Waals surface area contributed by atoms with E-state index in [1.54, 1.807) is 0 Å². The summed E-state index contributed by atoms with van der Waals surface area (Å²) in [6.07, 6.45) is 0. The number of nitrogens with two attached hydrogens (primary N) is 1. The number of hydrazine groups is 1. The number of nitrogens with one attached hydrogen (secondary N) is 1. The molecule has 0 aliphatic heterocycles. The van der Waals surface area contributed by atoms with E-state index in [1.807, 2.05) is 61.3 Å². The van der Waals surface area contributed by atoms with Crippen LogP contribution in [0.4, 0.5) is 5.69 Å². The van der Waals surface area contributed by atoms with E-state index in [4.69, 9.17) is 10.3 Å². The fourth-order valence-electron chi connectivity index (χ4n) is 1.73. The predicted molar refractivity (Wildman–Crippen MR) is 75.8 cm³/mol. The first-order chi connectivity index (χ1) is 9.19. The number of benzene rings is 1. The van der Waals surface area contributed by atoms with Gasteiger partial charge in [0.05, 0.1) is 12.2 Å². The molecule has 0 fully saturated rings. The fraction of sp³-hybridized carbons (Fsp3) is 0.214. The summed E-state index contributed by atoms with van der Waals surface area (Å²) in [5.41, 5.74) is 3.46. The van der Waals surface area contributed by atoms with Crippen molar-refractivity contribution < 1.29 is 4.42 Å². The largest absolute Gasteiger partial charge is 0.464 e. The second kappa shape index (κ2) is 6.06. The van der Waals surface area contributed by atoms with Crippen LogP contribution < -0.4 is 11.3 Å².